The van der Waals surface area contributed by atoms with Gasteiger partial charge in [0, 0.05) is 17.5 Å². The second-order valence-corrected chi connectivity index (χ2v) is 4.77. The largest absolute Gasteiger partial charge is 0.273 e. The highest BCUT2D eigenvalue weighted by Gasteiger charge is 2.21. The van der Waals surface area contributed by atoms with Crippen molar-refractivity contribution in [1.29, 1.82) is 5.26 Å². The van der Waals surface area contributed by atoms with E-state index in [1.807, 2.05) is 18.4 Å². The number of nitrogens with zero attached hydrogens (tertiary/aromatic N) is 2. The summed E-state index contributed by atoms with van der Waals surface area (Å²) in [4.78, 5) is 11.2. The Kier molecular flexibility index (Phi) is 3.40. The Balaban J connectivity index is 2.50. The quantitative estimate of drug-likeness (QED) is 0.623. The van der Waals surface area contributed by atoms with Gasteiger partial charge in [-0.1, -0.05) is 25.1 Å². The van der Waals surface area contributed by atoms with Gasteiger partial charge in [-0.25, -0.2) is 0 Å². The molecule has 1 aromatic carbocycles. The fourth-order valence-corrected chi connectivity index (χ4v) is 2.72. The number of nitriles is 1. The fourth-order valence-electron chi connectivity index (χ4n) is 1.94. The second-order valence-electron chi connectivity index (χ2n) is 3.85. The lowest BCUT2D eigenvalue weighted by molar-refractivity contribution is -0.385. The van der Waals surface area contributed by atoms with Crippen molar-refractivity contribution >= 4 is 17.0 Å². The van der Waals surface area contributed by atoms with Crippen LogP contribution >= 0.6 is 11.3 Å². The van der Waals surface area contributed by atoms with E-state index in [2.05, 4.69) is 6.07 Å². The van der Waals surface area contributed by atoms with E-state index in [0.29, 0.717) is 10.4 Å². The van der Waals surface area contributed by atoms with Gasteiger partial charge in [-0.3, -0.25) is 10.1 Å². The van der Waals surface area contributed by atoms with Crippen LogP contribution in [0, 0.1) is 21.4 Å². The van der Waals surface area contributed by atoms with Gasteiger partial charge in [0.25, 0.3) is 5.69 Å². The number of nitro benzene ring substituents is 1. The van der Waals surface area contributed by atoms with Gasteiger partial charge in [0.2, 0.25) is 0 Å². The zero-order valence-electron chi connectivity index (χ0n) is 9.66. The maximum absolute atomic E-state index is 11.0. The number of thiophene rings is 1. The normalized spacial score (nSPS) is 11.8. The third-order valence-corrected chi connectivity index (χ3v) is 3.70. The van der Waals surface area contributed by atoms with Gasteiger partial charge in [-0.2, -0.15) is 5.26 Å². The summed E-state index contributed by atoms with van der Waals surface area (Å²) in [5, 5.41) is 21.8. The molecule has 0 bridgehead atoms. The van der Waals surface area contributed by atoms with E-state index in [9.17, 15) is 10.1 Å². The van der Waals surface area contributed by atoms with E-state index in [4.69, 9.17) is 5.26 Å². The fraction of sp³-hybridized carbons (Fsp3) is 0.154. The highest BCUT2D eigenvalue weighted by atomic mass is 32.1. The standard InChI is InChI=1S/C13H10N2O2S/c1-9(11-6-7-18-13(11)8-14)10-4-2-3-5-12(10)15(16)17/h2-7,9H,1H3. The monoisotopic (exact) mass is 258 g/mol. The van der Waals surface area contributed by atoms with Crippen molar-refractivity contribution in [3.8, 4) is 6.07 Å². The number of hydrogen-bond acceptors (Lipinski definition) is 4. The lowest BCUT2D eigenvalue weighted by Crippen LogP contribution is -2.01. The first kappa shape index (κ1) is 12.3. The summed E-state index contributed by atoms with van der Waals surface area (Å²) in [6.07, 6.45) is 0. The predicted octanol–water partition coefficient (Wildman–Crippen LogP) is 3.68. The van der Waals surface area contributed by atoms with Gasteiger partial charge in [0.05, 0.1) is 4.92 Å². The van der Waals surface area contributed by atoms with Crippen LogP contribution in [0.15, 0.2) is 35.7 Å². The van der Waals surface area contributed by atoms with Crippen molar-refractivity contribution in [3.05, 3.63) is 61.8 Å². The summed E-state index contributed by atoms with van der Waals surface area (Å²) in [5.74, 6) is -0.160. The van der Waals surface area contributed by atoms with Crippen LogP contribution in [0.2, 0.25) is 0 Å². The van der Waals surface area contributed by atoms with E-state index in [-0.39, 0.29) is 16.5 Å². The third kappa shape index (κ3) is 2.11. The Hall–Kier alpha value is -2.19. The molecular formula is C13H10N2O2S. The lowest BCUT2D eigenvalue weighted by atomic mass is 9.92. The molecule has 1 aromatic heterocycles. The summed E-state index contributed by atoms with van der Waals surface area (Å²) < 4.78 is 0. The van der Waals surface area contributed by atoms with Crippen LogP contribution in [0.5, 0.6) is 0 Å². The van der Waals surface area contributed by atoms with Crippen molar-refractivity contribution in [2.24, 2.45) is 0 Å². The molecule has 4 nitrogen and oxygen atoms in total. The molecule has 1 atom stereocenters. The molecule has 2 aromatic rings. The summed E-state index contributed by atoms with van der Waals surface area (Å²) in [6, 6.07) is 10.6. The molecule has 0 N–H and O–H groups in total. The van der Waals surface area contributed by atoms with Crippen LogP contribution in [0.25, 0.3) is 0 Å². The van der Waals surface area contributed by atoms with Gasteiger partial charge in [-0.15, -0.1) is 11.3 Å². The van der Waals surface area contributed by atoms with Crippen molar-refractivity contribution in [3.63, 3.8) is 0 Å². The number of para-hydroxylation sites is 1. The molecule has 0 saturated carbocycles. The van der Waals surface area contributed by atoms with Crippen molar-refractivity contribution in [1.82, 2.24) is 0 Å². The van der Waals surface area contributed by atoms with Gasteiger partial charge in [-0.05, 0) is 17.0 Å². The van der Waals surface area contributed by atoms with E-state index < -0.39 is 0 Å². The van der Waals surface area contributed by atoms with Crippen LogP contribution in [-0.4, -0.2) is 4.92 Å². The van der Waals surface area contributed by atoms with Gasteiger partial charge in [0.15, 0.2) is 0 Å². The molecule has 0 aliphatic carbocycles. The van der Waals surface area contributed by atoms with Crippen LogP contribution in [0.1, 0.15) is 28.8 Å². The smallest absolute Gasteiger partial charge is 0.258 e. The van der Waals surface area contributed by atoms with Crippen LogP contribution in [-0.2, 0) is 0 Å². The summed E-state index contributed by atoms with van der Waals surface area (Å²) in [6.45, 7) is 1.88. The van der Waals surface area contributed by atoms with Crippen LogP contribution in [0.4, 0.5) is 5.69 Å². The highest BCUT2D eigenvalue weighted by molar-refractivity contribution is 7.10. The second kappa shape index (κ2) is 4.98. The Bertz CT molecular complexity index is 628. The number of hydrogen-bond donors (Lipinski definition) is 0. The summed E-state index contributed by atoms with van der Waals surface area (Å²) >= 11 is 1.36. The molecule has 1 heterocycles. The molecule has 1 unspecified atom stereocenters. The number of benzene rings is 1. The van der Waals surface area contributed by atoms with E-state index >= 15 is 0 Å². The SMILES string of the molecule is CC(c1ccccc1[N+](=O)[O-])c1ccsc1C#N. The first-order valence-corrected chi connectivity index (χ1v) is 6.24. The van der Waals surface area contributed by atoms with Crippen molar-refractivity contribution in [2.45, 2.75) is 12.8 Å². The maximum Gasteiger partial charge on any atom is 0.273 e. The van der Waals surface area contributed by atoms with Crippen LogP contribution < -0.4 is 0 Å². The average molecular weight is 258 g/mol. The molecule has 90 valence electrons. The van der Waals surface area contributed by atoms with E-state index in [1.165, 1.54) is 17.4 Å². The topological polar surface area (TPSA) is 66.9 Å². The Labute approximate surface area is 108 Å². The summed E-state index contributed by atoms with van der Waals surface area (Å²) in [5.41, 5.74) is 1.58. The Morgan fingerprint density at radius 1 is 1.33 bits per heavy atom. The molecule has 0 amide bonds. The molecule has 0 radical (unpaired) electrons. The first-order valence-electron chi connectivity index (χ1n) is 5.36. The molecular weight excluding hydrogens is 248 g/mol. The molecule has 0 aliphatic rings. The first-order chi connectivity index (χ1) is 8.65. The Morgan fingerprint density at radius 2 is 2.06 bits per heavy atom. The maximum atomic E-state index is 11.0. The van der Waals surface area contributed by atoms with E-state index in [0.717, 1.165) is 5.56 Å². The molecule has 0 spiro atoms. The van der Waals surface area contributed by atoms with Gasteiger partial charge >= 0.3 is 0 Å². The molecule has 0 saturated heterocycles. The molecule has 0 fully saturated rings. The van der Waals surface area contributed by atoms with Crippen molar-refractivity contribution < 1.29 is 4.92 Å². The highest BCUT2D eigenvalue weighted by Crippen LogP contribution is 2.34. The minimum Gasteiger partial charge on any atom is -0.258 e. The zero-order valence-corrected chi connectivity index (χ0v) is 10.5. The van der Waals surface area contributed by atoms with Crippen molar-refractivity contribution in [2.75, 3.05) is 0 Å². The van der Waals surface area contributed by atoms with E-state index in [1.54, 1.807) is 18.2 Å². The average Bonchev–Trinajstić information content (AvgIpc) is 2.86. The van der Waals surface area contributed by atoms with Gasteiger partial charge in [0.1, 0.15) is 10.9 Å². The third-order valence-electron chi connectivity index (χ3n) is 2.86. The molecule has 2 rings (SSSR count). The zero-order chi connectivity index (χ0) is 13.1. The summed E-state index contributed by atoms with van der Waals surface area (Å²) in [7, 11) is 0. The minimum absolute atomic E-state index is 0.0973. The molecule has 0 aliphatic heterocycles. The van der Waals surface area contributed by atoms with Crippen LogP contribution in [0.3, 0.4) is 0 Å². The molecule has 5 heteroatoms. The Morgan fingerprint density at radius 3 is 2.72 bits per heavy atom. The lowest BCUT2D eigenvalue weighted by Gasteiger charge is -2.11. The minimum atomic E-state index is -0.385. The molecule has 18 heavy (non-hydrogen) atoms. The predicted molar refractivity (Wildman–Crippen MR) is 69.6 cm³/mol. The number of nitro groups is 1. The number of rotatable bonds is 3. The van der Waals surface area contributed by atoms with Gasteiger partial charge < -0.3 is 0 Å².